The van der Waals surface area contributed by atoms with Crippen LogP contribution in [-0.4, -0.2) is 33.9 Å². The molecule has 2 atom stereocenters. The van der Waals surface area contributed by atoms with Crippen LogP contribution < -0.4 is 5.32 Å². The minimum absolute atomic E-state index is 0.408. The highest BCUT2D eigenvalue weighted by Crippen LogP contribution is 2.20. The lowest BCUT2D eigenvalue weighted by molar-refractivity contribution is 0.0438. The van der Waals surface area contributed by atoms with Gasteiger partial charge in [-0.25, -0.2) is 4.79 Å². The van der Waals surface area contributed by atoms with E-state index in [1.807, 2.05) is 51.2 Å². The number of carbonyl (C=O) groups is 1. The number of carbonyl (C=O) groups excluding carboxylic acids is 1. The Labute approximate surface area is 130 Å². The summed E-state index contributed by atoms with van der Waals surface area (Å²) < 4.78 is 5.26. The SMILES string of the molecule is C[C@H](O)[C@H](Cc1c[nH]c2ccccc12)NC(=O)OC(C)(C)C. The van der Waals surface area contributed by atoms with Crippen LogP contribution >= 0.6 is 0 Å². The van der Waals surface area contributed by atoms with Gasteiger partial charge in [-0.3, -0.25) is 0 Å². The van der Waals surface area contributed by atoms with Crippen molar-refractivity contribution < 1.29 is 14.6 Å². The second-order valence-corrected chi connectivity index (χ2v) is 6.56. The summed E-state index contributed by atoms with van der Waals surface area (Å²) in [5.74, 6) is 0. The largest absolute Gasteiger partial charge is 0.444 e. The van der Waals surface area contributed by atoms with Crippen LogP contribution in [0.5, 0.6) is 0 Å². The molecule has 0 spiro atoms. The molecule has 1 aromatic heterocycles. The van der Waals surface area contributed by atoms with Crippen LogP contribution in [0.4, 0.5) is 4.79 Å². The molecule has 1 heterocycles. The van der Waals surface area contributed by atoms with Gasteiger partial charge in [0, 0.05) is 17.1 Å². The highest BCUT2D eigenvalue weighted by Gasteiger charge is 2.23. The molecular weight excluding hydrogens is 280 g/mol. The van der Waals surface area contributed by atoms with E-state index in [1.54, 1.807) is 6.92 Å². The fraction of sp³-hybridized carbons (Fsp3) is 0.471. The smallest absolute Gasteiger partial charge is 0.407 e. The monoisotopic (exact) mass is 304 g/mol. The lowest BCUT2D eigenvalue weighted by atomic mass is 10.0. The van der Waals surface area contributed by atoms with E-state index < -0.39 is 23.8 Å². The second-order valence-electron chi connectivity index (χ2n) is 6.56. The first kappa shape index (κ1) is 16.4. The van der Waals surface area contributed by atoms with Gasteiger partial charge >= 0.3 is 6.09 Å². The van der Waals surface area contributed by atoms with Crippen molar-refractivity contribution in [3.63, 3.8) is 0 Å². The number of benzene rings is 1. The number of hydrogen-bond acceptors (Lipinski definition) is 3. The number of fused-ring (bicyclic) bond motifs is 1. The number of para-hydroxylation sites is 1. The van der Waals surface area contributed by atoms with Gasteiger partial charge in [0.1, 0.15) is 5.60 Å². The zero-order valence-electron chi connectivity index (χ0n) is 13.5. The predicted molar refractivity (Wildman–Crippen MR) is 86.8 cm³/mol. The summed E-state index contributed by atoms with van der Waals surface area (Å²) in [5.41, 5.74) is 1.53. The van der Waals surface area contributed by atoms with E-state index in [4.69, 9.17) is 4.74 Å². The number of aliphatic hydroxyl groups excluding tert-OH is 1. The van der Waals surface area contributed by atoms with Crippen molar-refractivity contribution in [1.82, 2.24) is 10.3 Å². The number of alkyl carbamates (subject to hydrolysis) is 1. The molecule has 0 saturated heterocycles. The Hall–Kier alpha value is -2.01. The number of rotatable bonds is 4. The van der Waals surface area contributed by atoms with E-state index in [0.717, 1.165) is 16.5 Å². The first-order valence-corrected chi connectivity index (χ1v) is 7.49. The Bertz CT molecular complexity index is 641. The van der Waals surface area contributed by atoms with Crippen LogP contribution in [0.2, 0.25) is 0 Å². The third-order valence-electron chi connectivity index (χ3n) is 3.40. The second kappa shape index (κ2) is 6.40. The summed E-state index contributed by atoms with van der Waals surface area (Å²) in [6.45, 7) is 7.09. The average molecular weight is 304 g/mol. The van der Waals surface area contributed by atoms with Gasteiger partial charge in [0.2, 0.25) is 0 Å². The maximum absolute atomic E-state index is 11.9. The Morgan fingerprint density at radius 3 is 2.68 bits per heavy atom. The van der Waals surface area contributed by atoms with Gasteiger partial charge in [0.25, 0.3) is 0 Å². The van der Waals surface area contributed by atoms with Crippen molar-refractivity contribution in [3.8, 4) is 0 Å². The molecule has 1 amide bonds. The molecular formula is C17H24N2O3. The molecule has 2 rings (SSSR count). The van der Waals surface area contributed by atoms with Gasteiger partial charge in [-0.2, -0.15) is 0 Å². The summed E-state index contributed by atoms with van der Waals surface area (Å²) >= 11 is 0. The Balaban J connectivity index is 2.11. The van der Waals surface area contributed by atoms with Crippen molar-refractivity contribution in [2.75, 3.05) is 0 Å². The highest BCUT2D eigenvalue weighted by molar-refractivity contribution is 5.83. The zero-order valence-corrected chi connectivity index (χ0v) is 13.5. The molecule has 0 unspecified atom stereocenters. The lowest BCUT2D eigenvalue weighted by Gasteiger charge is -2.25. The molecule has 0 bridgehead atoms. The van der Waals surface area contributed by atoms with Gasteiger partial charge < -0.3 is 20.1 Å². The van der Waals surface area contributed by atoms with Crippen molar-refractivity contribution in [2.45, 2.75) is 51.9 Å². The summed E-state index contributed by atoms with van der Waals surface area (Å²) in [6.07, 6.45) is 1.25. The Morgan fingerprint density at radius 2 is 2.05 bits per heavy atom. The predicted octanol–water partition coefficient (Wildman–Crippen LogP) is 2.98. The van der Waals surface area contributed by atoms with Crippen molar-refractivity contribution in [1.29, 1.82) is 0 Å². The number of hydrogen-bond donors (Lipinski definition) is 3. The number of ether oxygens (including phenoxy) is 1. The summed E-state index contributed by atoms with van der Waals surface area (Å²) in [7, 11) is 0. The minimum atomic E-state index is -0.679. The van der Waals surface area contributed by atoms with E-state index in [2.05, 4.69) is 10.3 Å². The number of amides is 1. The van der Waals surface area contributed by atoms with Crippen LogP contribution in [0.25, 0.3) is 10.9 Å². The van der Waals surface area contributed by atoms with Crippen LogP contribution in [0, 0.1) is 0 Å². The molecule has 0 radical (unpaired) electrons. The average Bonchev–Trinajstić information content (AvgIpc) is 2.79. The topological polar surface area (TPSA) is 74.4 Å². The number of aromatic nitrogens is 1. The third-order valence-corrected chi connectivity index (χ3v) is 3.40. The molecule has 1 aromatic carbocycles. The van der Waals surface area contributed by atoms with Crippen LogP contribution in [0.1, 0.15) is 33.3 Å². The molecule has 5 heteroatoms. The maximum atomic E-state index is 11.9. The maximum Gasteiger partial charge on any atom is 0.407 e. The fourth-order valence-electron chi connectivity index (χ4n) is 2.34. The fourth-order valence-corrected chi connectivity index (χ4v) is 2.34. The quantitative estimate of drug-likeness (QED) is 0.813. The molecule has 0 aliphatic rings. The van der Waals surface area contributed by atoms with Gasteiger partial charge in [-0.15, -0.1) is 0 Å². The zero-order chi connectivity index (χ0) is 16.3. The lowest BCUT2D eigenvalue weighted by Crippen LogP contribution is -2.45. The molecule has 0 saturated carbocycles. The molecule has 0 fully saturated rings. The molecule has 0 aliphatic carbocycles. The molecule has 3 N–H and O–H groups in total. The van der Waals surface area contributed by atoms with E-state index >= 15 is 0 Å². The van der Waals surface area contributed by atoms with Gasteiger partial charge in [0.05, 0.1) is 12.1 Å². The highest BCUT2D eigenvalue weighted by atomic mass is 16.6. The Morgan fingerprint density at radius 1 is 1.36 bits per heavy atom. The molecule has 120 valence electrons. The summed E-state index contributed by atoms with van der Waals surface area (Å²) in [5, 5.41) is 13.8. The molecule has 5 nitrogen and oxygen atoms in total. The van der Waals surface area contributed by atoms with Crippen LogP contribution in [0.3, 0.4) is 0 Å². The molecule has 0 aliphatic heterocycles. The molecule has 2 aromatic rings. The molecule has 22 heavy (non-hydrogen) atoms. The van der Waals surface area contributed by atoms with E-state index in [1.165, 1.54) is 0 Å². The summed E-state index contributed by atoms with van der Waals surface area (Å²) in [6, 6.07) is 7.55. The van der Waals surface area contributed by atoms with Gasteiger partial charge in [-0.1, -0.05) is 18.2 Å². The van der Waals surface area contributed by atoms with Gasteiger partial charge in [0.15, 0.2) is 0 Å². The van der Waals surface area contributed by atoms with Gasteiger partial charge in [-0.05, 0) is 45.7 Å². The Kier molecular flexibility index (Phi) is 4.76. The number of aromatic amines is 1. The van der Waals surface area contributed by atoms with E-state index in [9.17, 15) is 9.90 Å². The number of nitrogens with one attached hydrogen (secondary N) is 2. The van der Waals surface area contributed by atoms with Crippen LogP contribution in [-0.2, 0) is 11.2 Å². The van der Waals surface area contributed by atoms with Crippen molar-refractivity contribution in [2.24, 2.45) is 0 Å². The van der Waals surface area contributed by atoms with E-state index in [-0.39, 0.29) is 0 Å². The minimum Gasteiger partial charge on any atom is -0.444 e. The van der Waals surface area contributed by atoms with E-state index in [0.29, 0.717) is 6.42 Å². The standard InChI is InChI=1S/C17H24N2O3/c1-11(20)15(19-16(21)22-17(2,3)4)9-12-10-18-14-8-6-5-7-13(12)14/h5-8,10-11,15,18,20H,9H2,1-4H3,(H,19,21)/t11-,15-/m0/s1. The normalized spacial score (nSPS) is 14.6. The van der Waals surface area contributed by atoms with Crippen LogP contribution in [0.15, 0.2) is 30.5 Å². The van der Waals surface area contributed by atoms with Crippen molar-refractivity contribution >= 4 is 17.0 Å². The number of H-pyrrole nitrogens is 1. The van der Waals surface area contributed by atoms with Crippen molar-refractivity contribution in [3.05, 3.63) is 36.0 Å². The first-order valence-electron chi connectivity index (χ1n) is 7.49. The number of aliphatic hydroxyl groups is 1. The first-order chi connectivity index (χ1) is 10.3. The third kappa shape index (κ3) is 4.24. The summed E-state index contributed by atoms with van der Waals surface area (Å²) in [4.78, 5) is 15.1.